The van der Waals surface area contributed by atoms with Crippen LogP contribution in [0.4, 0.5) is 0 Å². The number of amidine groups is 1. The van der Waals surface area contributed by atoms with E-state index < -0.39 is 17.9 Å². The maximum absolute atomic E-state index is 11.0. The molecule has 1 rings (SSSR count). The van der Waals surface area contributed by atoms with Crippen LogP contribution in [-0.4, -0.2) is 41.1 Å². The fraction of sp³-hybridized carbons (Fsp3) is 0.231. The molecule has 0 aliphatic heterocycles. The molecule has 1 aromatic carbocycles. The third-order valence-electron chi connectivity index (χ3n) is 1.62. The molecule has 21 heavy (non-hydrogen) atoms. The van der Waals surface area contributed by atoms with Crippen molar-refractivity contribution >= 4 is 23.7 Å². The van der Waals surface area contributed by atoms with Crippen molar-refractivity contribution < 1.29 is 29.3 Å². The maximum Gasteiger partial charge on any atom is 0.337 e. The number of rotatable bonds is 2. The molecular weight excluding hydrogens is 280 g/mol. The number of ether oxygens (including phenoxy) is 1. The van der Waals surface area contributed by atoms with Gasteiger partial charge >= 0.3 is 5.97 Å². The second-order valence-corrected chi connectivity index (χ2v) is 3.52. The maximum atomic E-state index is 11.0. The first-order valence-corrected chi connectivity index (χ1v) is 5.53. The number of nitrogen functional groups attached to an aromatic ring is 1. The van der Waals surface area contributed by atoms with E-state index in [-0.39, 0.29) is 5.84 Å². The van der Waals surface area contributed by atoms with Crippen LogP contribution >= 0.6 is 0 Å². The summed E-state index contributed by atoms with van der Waals surface area (Å²) in [5.41, 5.74) is 6.28. The summed E-state index contributed by atoms with van der Waals surface area (Å²) in [6, 6.07) is 6.36. The summed E-state index contributed by atoms with van der Waals surface area (Å²) in [4.78, 5) is 29.0. The topological polar surface area (TPSA) is 151 Å². The summed E-state index contributed by atoms with van der Waals surface area (Å²) in [7, 11) is 1.32. The van der Waals surface area contributed by atoms with Gasteiger partial charge in [-0.1, -0.05) is 12.1 Å². The minimum Gasteiger partial charge on any atom is -0.481 e. The number of hydrogen-bond donors (Lipinski definition) is 4. The number of carbonyl (C=O) groups excluding carboxylic acids is 1. The Labute approximate surface area is 121 Å². The van der Waals surface area contributed by atoms with Crippen LogP contribution in [0, 0.1) is 5.41 Å². The van der Waals surface area contributed by atoms with E-state index in [0.29, 0.717) is 11.1 Å². The van der Waals surface area contributed by atoms with Gasteiger partial charge in [0.05, 0.1) is 12.7 Å². The first-order valence-electron chi connectivity index (χ1n) is 5.53. The number of methoxy groups -OCH3 is 1. The highest BCUT2D eigenvalue weighted by Crippen LogP contribution is 2.04. The summed E-state index contributed by atoms with van der Waals surface area (Å²) < 4.78 is 4.51. The summed E-state index contributed by atoms with van der Waals surface area (Å²) in [6.07, 6.45) is 0. The highest BCUT2D eigenvalue weighted by molar-refractivity contribution is 5.96. The zero-order chi connectivity index (χ0) is 17.0. The Morgan fingerprint density at radius 3 is 1.52 bits per heavy atom. The van der Waals surface area contributed by atoms with E-state index in [2.05, 4.69) is 4.74 Å². The molecule has 8 heteroatoms. The molecule has 0 atom stereocenters. The standard InChI is InChI=1S/C9H10N2O2.2C2H4O2/c1-13-9(12)7-4-2-6(3-5-7)8(10)11;2*1-2(3)4/h2-5H,1H3,(H3,10,11);2*1H3,(H,3,4). The minimum absolute atomic E-state index is 0.0172. The van der Waals surface area contributed by atoms with Crippen molar-refractivity contribution in [3.05, 3.63) is 35.4 Å². The van der Waals surface area contributed by atoms with Crippen LogP contribution in [0.2, 0.25) is 0 Å². The number of nitrogens with two attached hydrogens (primary N) is 1. The largest absolute Gasteiger partial charge is 0.481 e. The van der Waals surface area contributed by atoms with E-state index >= 15 is 0 Å². The van der Waals surface area contributed by atoms with Gasteiger partial charge in [0.2, 0.25) is 0 Å². The van der Waals surface area contributed by atoms with Gasteiger partial charge in [-0.15, -0.1) is 0 Å². The molecule has 116 valence electrons. The third kappa shape index (κ3) is 13.3. The van der Waals surface area contributed by atoms with E-state index in [9.17, 15) is 4.79 Å². The van der Waals surface area contributed by atoms with Crippen molar-refractivity contribution in [3.8, 4) is 0 Å². The van der Waals surface area contributed by atoms with E-state index in [1.165, 1.54) is 7.11 Å². The van der Waals surface area contributed by atoms with Gasteiger partial charge < -0.3 is 20.7 Å². The predicted octanol–water partition coefficient (Wildman–Crippen LogP) is 0.939. The number of esters is 1. The van der Waals surface area contributed by atoms with Gasteiger partial charge in [0.15, 0.2) is 0 Å². The molecule has 0 aromatic heterocycles. The average Bonchev–Trinajstić information content (AvgIpc) is 2.36. The monoisotopic (exact) mass is 298 g/mol. The molecule has 0 spiro atoms. The molecular formula is C13H18N2O6. The highest BCUT2D eigenvalue weighted by atomic mass is 16.5. The summed E-state index contributed by atoms with van der Waals surface area (Å²) in [5, 5.41) is 22.0. The SMILES string of the molecule is CC(=O)O.CC(=O)O.COC(=O)c1ccc(C(=N)N)cc1. The van der Waals surface area contributed by atoms with E-state index in [4.69, 9.17) is 30.9 Å². The van der Waals surface area contributed by atoms with Gasteiger partial charge in [0.25, 0.3) is 11.9 Å². The summed E-state index contributed by atoms with van der Waals surface area (Å²) in [5.74, 6) is -2.08. The lowest BCUT2D eigenvalue weighted by Gasteiger charge is -2.00. The van der Waals surface area contributed by atoms with Crippen LogP contribution in [0.3, 0.4) is 0 Å². The molecule has 0 unspecified atom stereocenters. The normalized spacial score (nSPS) is 8.14. The number of carboxylic acids is 2. The Kier molecular flexibility index (Phi) is 10.7. The van der Waals surface area contributed by atoms with Crippen molar-refractivity contribution in [3.63, 3.8) is 0 Å². The van der Waals surface area contributed by atoms with E-state index in [0.717, 1.165) is 13.8 Å². The quantitative estimate of drug-likeness (QED) is 0.360. The summed E-state index contributed by atoms with van der Waals surface area (Å²) in [6.45, 7) is 2.17. The van der Waals surface area contributed by atoms with Crippen molar-refractivity contribution in [1.82, 2.24) is 0 Å². The molecule has 0 heterocycles. The Hall–Kier alpha value is -2.90. The second kappa shape index (κ2) is 11.0. The van der Waals surface area contributed by atoms with Gasteiger partial charge in [-0.25, -0.2) is 4.79 Å². The van der Waals surface area contributed by atoms with Gasteiger partial charge in [0, 0.05) is 19.4 Å². The van der Waals surface area contributed by atoms with Gasteiger partial charge in [-0.3, -0.25) is 15.0 Å². The van der Waals surface area contributed by atoms with Crippen LogP contribution < -0.4 is 5.73 Å². The van der Waals surface area contributed by atoms with Gasteiger partial charge in [-0.2, -0.15) is 0 Å². The molecule has 0 saturated heterocycles. The predicted molar refractivity (Wildman–Crippen MR) is 75.4 cm³/mol. The zero-order valence-corrected chi connectivity index (χ0v) is 11.9. The molecule has 0 fully saturated rings. The van der Waals surface area contributed by atoms with Gasteiger partial charge in [-0.05, 0) is 12.1 Å². The van der Waals surface area contributed by atoms with E-state index in [1.807, 2.05) is 0 Å². The van der Waals surface area contributed by atoms with Crippen molar-refractivity contribution in [2.24, 2.45) is 5.73 Å². The number of benzene rings is 1. The molecule has 1 aromatic rings. The number of aliphatic carboxylic acids is 2. The van der Waals surface area contributed by atoms with E-state index in [1.54, 1.807) is 24.3 Å². The lowest BCUT2D eigenvalue weighted by atomic mass is 10.1. The van der Waals surface area contributed by atoms with Crippen LogP contribution in [0.5, 0.6) is 0 Å². The molecule has 0 aliphatic carbocycles. The molecule has 5 N–H and O–H groups in total. The lowest BCUT2D eigenvalue weighted by molar-refractivity contribution is -0.135. The molecule has 0 aliphatic rings. The number of nitrogens with one attached hydrogen (secondary N) is 1. The Morgan fingerprint density at radius 2 is 1.29 bits per heavy atom. The summed E-state index contributed by atoms with van der Waals surface area (Å²) >= 11 is 0. The molecule has 0 amide bonds. The minimum atomic E-state index is -0.833. The molecule has 0 bridgehead atoms. The first-order chi connectivity index (χ1) is 9.61. The van der Waals surface area contributed by atoms with Crippen LogP contribution in [0.25, 0.3) is 0 Å². The van der Waals surface area contributed by atoms with Crippen molar-refractivity contribution in [2.45, 2.75) is 13.8 Å². The number of hydrogen-bond acceptors (Lipinski definition) is 5. The fourth-order valence-electron chi connectivity index (χ4n) is 0.904. The Morgan fingerprint density at radius 1 is 1.00 bits per heavy atom. The number of carbonyl (C=O) groups is 3. The van der Waals surface area contributed by atoms with Crippen LogP contribution in [0.1, 0.15) is 29.8 Å². The van der Waals surface area contributed by atoms with Gasteiger partial charge in [0.1, 0.15) is 5.84 Å². The van der Waals surface area contributed by atoms with Crippen molar-refractivity contribution in [1.29, 1.82) is 5.41 Å². The third-order valence-corrected chi connectivity index (χ3v) is 1.62. The van der Waals surface area contributed by atoms with Crippen LogP contribution in [0.15, 0.2) is 24.3 Å². The zero-order valence-electron chi connectivity index (χ0n) is 11.9. The first kappa shape index (κ1) is 20.4. The average molecular weight is 298 g/mol. The molecule has 0 radical (unpaired) electrons. The molecule has 8 nitrogen and oxygen atoms in total. The second-order valence-electron chi connectivity index (χ2n) is 3.52. The Balaban J connectivity index is 0. The van der Waals surface area contributed by atoms with Crippen molar-refractivity contribution in [2.75, 3.05) is 7.11 Å². The lowest BCUT2D eigenvalue weighted by Crippen LogP contribution is -2.11. The number of carboxylic acid groups (broad SMARTS) is 2. The Bertz CT molecular complexity index is 476. The molecule has 0 saturated carbocycles. The fourth-order valence-corrected chi connectivity index (χ4v) is 0.904. The van der Waals surface area contributed by atoms with Crippen LogP contribution in [-0.2, 0) is 14.3 Å². The smallest absolute Gasteiger partial charge is 0.337 e. The highest BCUT2D eigenvalue weighted by Gasteiger charge is 2.04.